The van der Waals surface area contributed by atoms with Crippen LogP contribution in [0.5, 0.6) is 0 Å². The number of hydrogen-bond donors (Lipinski definition) is 0. The van der Waals surface area contributed by atoms with Gasteiger partial charge in [0.2, 0.25) is 0 Å². The van der Waals surface area contributed by atoms with E-state index in [4.69, 9.17) is 0 Å². The van der Waals surface area contributed by atoms with Crippen LogP contribution in [0.1, 0.15) is 32.9 Å². The van der Waals surface area contributed by atoms with E-state index in [0.717, 1.165) is 22.1 Å². The van der Waals surface area contributed by atoms with Crippen LogP contribution in [0.4, 0.5) is 4.39 Å². The van der Waals surface area contributed by atoms with E-state index in [0.29, 0.717) is 22.7 Å². The molecule has 0 bridgehead atoms. The third-order valence-electron chi connectivity index (χ3n) is 4.35. The van der Waals surface area contributed by atoms with E-state index in [1.165, 1.54) is 24.3 Å². The monoisotopic (exact) mass is 392 g/mol. The number of carbonyl (C=O) groups is 1. The number of rotatable bonds is 5. The molecule has 140 valence electrons. The zero-order chi connectivity index (χ0) is 19.7. The molecular formula is C21H17FN4OS. The van der Waals surface area contributed by atoms with Crippen LogP contribution in [0.15, 0.2) is 59.8 Å². The molecule has 2 aromatic carbocycles. The summed E-state index contributed by atoms with van der Waals surface area (Å²) < 4.78 is 15.0. The lowest BCUT2D eigenvalue weighted by Gasteiger charge is -2.05. The quantitative estimate of drug-likeness (QED) is 0.372. The van der Waals surface area contributed by atoms with Crippen LogP contribution >= 0.6 is 11.8 Å². The first-order valence-electron chi connectivity index (χ1n) is 8.72. The number of nitrogens with zero attached hydrogens (tertiary/aromatic N) is 4. The highest BCUT2D eigenvalue weighted by Crippen LogP contribution is 2.23. The SMILES string of the molecule is Cc1cc(C)n2c(SCc3ccc(C(=O)c4ccc(F)cc4)cc3)nnc2n1. The van der Waals surface area contributed by atoms with Gasteiger partial charge in [-0.05, 0) is 49.7 Å². The number of benzene rings is 2. The van der Waals surface area contributed by atoms with Crippen LogP contribution in [-0.2, 0) is 5.75 Å². The minimum absolute atomic E-state index is 0.125. The van der Waals surface area contributed by atoms with Crippen molar-refractivity contribution in [3.63, 3.8) is 0 Å². The molecule has 28 heavy (non-hydrogen) atoms. The maximum Gasteiger partial charge on any atom is 0.256 e. The minimum atomic E-state index is -0.356. The van der Waals surface area contributed by atoms with E-state index >= 15 is 0 Å². The van der Waals surface area contributed by atoms with Gasteiger partial charge in [-0.1, -0.05) is 36.0 Å². The Bertz CT molecular complexity index is 1150. The summed E-state index contributed by atoms with van der Waals surface area (Å²) in [6, 6.07) is 15.0. The molecule has 0 N–H and O–H groups in total. The fourth-order valence-electron chi connectivity index (χ4n) is 2.96. The van der Waals surface area contributed by atoms with E-state index in [1.807, 2.05) is 36.4 Å². The van der Waals surface area contributed by atoms with E-state index < -0.39 is 0 Å². The average molecular weight is 392 g/mol. The van der Waals surface area contributed by atoms with Crippen molar-refractivity contribution in [2.75, 3.05) is 0 Å². The Morgan fingerprint density at radius 1 is 1.00 bits per heavy atom. The summed E-state index contributed by atoms with van der Waals surface area (Å²) in [5.41, 5.74) is 4.06. The Balaban J connectivity index is 1.48. The third-order valence-corrected chi connectivity index (χ3v) is 5.35. The Kier molecular flexibility index (Phi) is 4.92. The number of aryl methyl sites for hydroxylation is 2. The highest BCUT2D eigenvalue weighted by molar-refractivity contribution is 7.98. The lowest BCUT2D eigenvalue weighted by Crippen LogP contribution is -2.01. The summed E-state index contributed by atoms with van der Waals surface area (Å²) in [5, 5.41) is 9.16. The van der Waals surface area contributed by atoms with Gasteiger partial charge in [-0.3, -0.25) is 9.20 Å². The standard InChI is InChI=1S/C21H17FN4OS/c1-13-11-14(2)26-20(23-13)24-25-21(26)28-12-15-3-5-16(6-4-15)19(27)17-7-9-18(22)10-8-17/h3-11H,12H2,1-2H3. The number of halogens is 1. The largest absolute Gasteiger partial charge is 0.289 e. The Morgan fingerprint density at radius 3 is 2.32 bits per heavy atom. The molecule has 0 aliphatic heterocycles. The van der Waals surface area contributed by atoms with Crippen LogP contribution in [0.2, 0.25) is 0 Å². The molecule has 0 saturated heterocycles. The summed E-state index contributed by atoms with van der Waals surface area (Å²) >= 11 is 1.56. The topological polar surface area (TPSA) is 60.2 Å². The summed E-state index contributed by atoms with van der Waals surface area (Å²) in [5.74, 6) is 0.810. The van der Waals surface area contributed by atoms with E-state index in [9.17, 15) is 9.18 Å². The van der Waals surface area contributed by atoms with Crippen LogP contribution in [0, 0.1) is 19.7 Å². The second-order valence-electron chi connectivity index (χ2n) is 6.48. The van der Waals surface area contributed by atoms with Crippen LogP contribution in [0.3, 0.4) is 0 Å². The van der Waals surface area contributed by atoms with Gasteiger partial charge >= 0.3 is 0 Å². The first-order chi connectivity index (χ1) is 13.5. The number of fused-ring (bicyclic) bond motifs is 1. The zero-order valence-corrected chi connectivity index (χ0v) is 16.2. The molecule has 2 heterocycles. The Hall–Kier alpha value is -3.06. The van der Waals surface area contributed by atoms with Crippen molar-refractivity contribution in [3.05, 3.63) is 88.5 Å². The molecule has 0 saturated carbocycles. The van der Waals surface area contributed by atoms with Crippen molar-refractivity contribution in [1.82, 2.24) is 19.6 Å². The Labute approximate surface area is 165 Å². The molecule has 0 aliphatic carbocycles. The minimum Gasteiger partial charge on any atom is -0.289 e. The lowest BCUT2D eigenvalue weighted by atomic mass is 10.0. The molecule has 0 radical (unpaired) electrons. The normalized spacial score (nSPS) is 11.1. The van der Waals surface area contributed by atoms with Gasteiger partial charge in [-0.15, -0.1) is 10.2 Å². The highest BCUT2D eigenvalue weighted by Gasteiger charge is 2.12. The maximum atomic E-state index is 13.0. The summed E-state index contributed by atoms with van der Waals surface area (Å²) in [6.45, 7) is 3.94. The summed E-state index contributed by atoms with van der Waals surface area (Å²) in [6.07, 6.45) is 0. The number of carbonyl (C=O) groups excluding carboxylic acids is 1. The van der Waals surface area contributed by atoms with Gasteiger partial charge in [-0.25, -0.2) is 9.37 Å². The molecule has 2 aromatic heterocycles. The fraction of sp³-hybridized carbons (Fsp3) is 0.143. The highest BCUT2D eigenvalue weighted by atomic mass is 32.2. The van der Waals surface area contributed by atoms with Crippen molar-refractivity contribution in [2.45, 2.75) is 24.8 Å². The molecule has 0 amide bonds. The second kappa shape index (κ2) is 7.52. The van der Waals surface area contributed by atoms with Gasteiger partial charge in [0, 0.05) is 28.3 Å². The van der Waals surface area contributed by atoms with Crippen LogP contribution < -0.4 is 0 Å². The smallest absolute Gasteiger partial charge is 0.256 e. The second-order valence-corrected chi connectivity index (χ2v) is 7.42. The van der Waals surface area contributed by atoms with Gasteiger partial charge in [0.05, 0.1) is 0 Å². The van der Waals surface area contributed by atoms with Crippen LogP contribution in [0.25, 0.3) is 5.78 Å². The first-order valence-corrected chi connectivity index (χ1v) is 9.71. The molecule has 7 heteroatoms. The predicted octanol–water partition coefficient (Wildman–Crippen LogP) is 4.40. The van der Waals surface area contributed by atoms with Gasteiger partial charge in [0.15, 0.2) is 10.9 Å². The van der Waals surface area contributed by atoms with Gasteiger partial charge in [-0.2, -0.15) is 0 Å². The fourth-order valence-corrected chi connectivity index (χ4v) is 3.90. The molecule has 0 fully saturated rings. The van der Waals surface area contributed by atoms with E-state index in [1.54, 1.807) is 23.9 Å². The van der Waals surface area contributed by atoms with Crippen molar-refractivity contribution in [1.29, 1.82) is 0 Å². The van der Waals surface area contributed by atoms with Crippen molar-refractivity contribution in [3.8, 4) is 0 Å². The van der Waals surface area contributed by atoms with E-state index in [-0.39, 0.29) is 11.6 Å². The number of hydrogen-bond acceptors (Lipinski definition) is 5. The molecule has 0 spiro atoms. The molecule has 0 atom stereocenters. The summed E-state index contributed by atoms with van der Waals surface area (Å²) in [4.78, 5) is 16.9. The van der Waals surface area contributed by atoms with Crippen LogP contribution in [-0.4, -0.2) is 25.4 Å². The number of thioether (sulfide) groups is 1. The third kappa shape index (κ3) is 3.66. The van der Waals surface area contributed by atoms with Gasteiger partial charge < -0.3 is 0 Å². The molecular weight excluding hydrogens is 375 g/mol. The molecule has 4 rings (SSSR count). The lowest BCUT2D eigenvalue weighted by molar-refractivity contribution is 0.103. The summed E-state index contributed by atoms with van der Waals surface area (Å²) in [7, 11) is 0. The maximum absolute atomic E-state index is 13.0. The van der Waals surface area contributed by atoms with Crippen molar-refractivity contribution < 1.29 is 9.18 Å². The van der Waals surface area contributed by atoms with Crippen molar-refractivity contribution in [2.24, 2.45) is 0 Å². The average Bonchev–Trinajstić information content (AvgIpc) is 3.10. The van der Waals surface area contributed by atoms with Gasteiger partial charge in [0.25, 0.3) is 5.78 Å². The molecule has 0 unspecified atom stereocenters. The molecule has 4 aromatic rings. The van der Waals surface area contributed by atoms with E-state index in [2.05, 4.69) is 15.2 Å². The first kappa shape index (κ1) is 18.3. The zero-order valence-electron chi connectivity index (χ0n) is 15.4. The molecule has 5 nitrogen and oxygen atoms in total. The Morgan fingerprint density at radius 2 is 1.64 bits per heavy atom. The van der Waals surface area contributed by atoms with Gasteiger partial charge in [0.1, 0.15) is 5.82 Å². The number of ketones is 1. The van der Waals surface area contributed by atoms with Crippen molar-refractivity contribution >= 4 is 23.3 Å². The molecule has 0 aliphatic rings. The number of aromatic nitrogens is 4. The predicted molar refractivity (Wildman–Crippen MR) is 106 cm³/mol.